The topological polar surface area (TPSA) is 130 Å². The number of pyridine rings is 2. The number of phenols is 1. The van der Waals surface area contributed by atoms with Crippen LogP contribution >= 0.6 is 11.8 Å². The van der Waals surface area contributed by atoms with Gasteiger partial charge >= 0.3 is 5.69 Å². The molecule has 3 aromatic heterocycles. The van der Waals surface area contributed by atoms with Crippen molar-refractivity contribution in [3.63, 3.8) is 0 Å². The van der Waals surface area contributed by atoms with Gasteiger partial charge in [-0.1, -0.05) is 26.5 Å². The Morgan fingerprint density at radius 1 is 1.19 bits per heavy atom. The first-order chi connectivity index (χ1) is 20.5. The average Bonchev–Trinajstić information content (AvgIpc) is 2.96. The van der Waals surface area contributed by atoms with Gasteiger partial charge in [-0.15, -0.1) is 11.8 Å². The largest absolute Gasteiger partial charge is 0.507 e. The van der Waals surface area contributed by atoms with Crippen LogP contribution in [-0.2, 0) is 4.79 Å². The molecule has 43 heavy (non-hydrogen) atoms. The lowest BCUT2D eigenvalue weighted by atomic mass is 10.1. The molecule has 1 aliphatic rings. The van der Waals surface area contributed by atoms with Crippen LogP contribution in [0.2, 0.25) is 0 Å². The van der Waals surface area contributed by atoms with Crippen molar-refractivity contribution in [2.75, 3.05) is 36.5 Å². The van der Waals surface area contributed by atoms with Crippen molar-refractivity contribution in [2.45, 2.75) is 37.6 Å². The first-order valence-electron chi connectivity index (χ1n) is 13.6. The van der Waals surface area contributed by atoms with Crippen LogP contribution in [-0.4, -0.2) is 67.4 Å². The Morgan fingerprint density at radius 3 is 2.56 bits per heavy atom. The van der Waals surface area contributed by atoms with E-state index in [1.165, 1.54) is 34.5 Å². The third kappa shape index (κ3) is 5.29. The third-order valence-electron chi connectivity index (χ3n) is 7.41. The number of thioether (sulfide) groups is 1. The highest BCUT2D eigenvalue weighted by atomic mass is 32.2. The maximum Gasteiger partial charge on any atom is 0.355 e. The molecule has 1 amide bonds. The number of carbonyl (C=O) groups is 1. The number of rotatable bonds is 6. The zero-order valence-electron chi connectivity index (χ0n) is 24.1. The normalized spacial score (nSPS) is 15.4. The molecule has 0 bridgehead atoms. The predicted octanol–water partition coefficient (Wildman–Crippen LogP) is 4.48. The number of hydrogen-bond donors (Lipinski definition) is 2. The van der Waals surface area contributed by atoms with E-state index in [1.54, 1.807) is 11.0 Å². The van der Waals surface area contributed by atoms with Crippen molar-refractivity contribution in [1.82, 2.24) is 24.4 Å². The van der Waals surface area contributed by atoms with Crippen LogP contribution in [0.15, 0.2) is 52.7 Å². The molecule has 0 aliphatic carbocycles. The number of halogens is 2. The Balaban J connectivity index is 1.86. The second-order valence-corrected chi connectivity index (χ2v) is 11.4. The molecule has 4 aromatic rings. The van der Waals surface area contributed by atoms with Crippen LogP contribution in [0.4, 0.5) is 20.4 Å². The summed E-state index contributed by atoms with van der Waals surface area (Å²) in [5.74, 6) is -2.28. The van der Waals surface area contributed by atoms with E-state index in [-0.39, 0.29) is 40.5 Å². The summed E-state index contributed by atoms with van der Waals surface area (Å²) in [6, 6.07) is 6.09. The standard InChI is InChI=1S/C30H31F2N7O3S/c1-6-23(41)37-10-11-38(16(4)14-37)28-17-12-19(32)26(24-18(31)8-7-9-20(24)40)35-29(17)39(30(42)36-28)27-21(43-5)13-22(33)34-25(27)15(2)3/h6-9,12-13,15-16,40H,1,10-11,14H2,2-5H3,(H2,33,34)/t16-/m0/s1. The first kappa shape index (κ1) is 30.0. The van der Waals surface area contributed by atoms with Gasteiger partial charge in [-0.05, 0) is 49.4 Å². The van der Waals surface area contributed by atoms with Gasteiger partial charge in [-0.25, -0.2) is 28.1 Å². The van der Waals surface area contributed by atoms with Crippen molar-refractivity contribution >= 4 is 40.3 Å². The lowest BCUT2D eigenvalue weighted by Gasteiger charge is -2.40. The summed E-state index contributed by atoms with van der Waals surface area (Å²) < 4.78 is 32.1. The Kier molecular flexibility index (Phi) is 8.10. The molecule has 1 aliphatic heterocycles. The Labute approximate surface area is 250 Å². The molecule has 0 spiro atoms. The highest BCUT2D eigenvalue weighted by Crippen LogP contribution is 2.38. The third-order valence-corrected chi connectivity index (χ3v) is 8.16. The van der Waals surface area contributed by atoms with Gasteiger partial charge in [0.15, 0.2) is 11.5 Å². The average molecular weight is 608 g/mol. The molecule has 5 rings (SSSR count). The van der Waals surface area contributed by atoms with Crippen LogP contribution in [0.25, 0.3) is 28.0 Å². The van der Waals surface area contributed by atoms with E-state index < -0.39 is 34.3 Å². The van der Waals surface area contributed by atoms with Crippen molar-refractivity contribution in [3.8, 4) is 22.7 Å². The Hall–Kier alpha value is -4.52. The van der Waals surface area contributed by atoms with Crippen LogP contribution < -0.4 is 16.3 Å². The summed E-state index contributed by atoms with van der Waals surface area (Å²) >= 11 is 1.33. The van der Waals surface area contributed by atoms with Crippen molar-refractivity contribution < 1.29 is 18.7 Å². The van der Waals surface area contributed by atoms with Gasteiger partial charge in [-0.3, -0.25) is 4.79 Å². The molecule has 0 radical (unpaired) electrons. The number of nitrogens with two attached hydrogens (primary N) is 1. The van der Waals surface area contributed by atoms with Crippen LogP contribution in [0.3, 0.4) is 0 Å². The van der Waals surface area contributed by atoms with E-state index in [0.29, 0.717) is 35.9 Å². The van der Waals surface area contributed by atoms with Gasteiger partial charge in [0.05, 0.1) is 22.3 Å². The summed E-state index contributed by atoms with van der Waals surface area (Å²) in [4.78, 5) is 43.8. The zero-order valence-corrected chi connectivity index (χ0v) is 25.0. The van der Waals surface area contributed by atoms with E-state index >= 15 is 4.39 Å². The number of anilines is 2. The van der Waals surface area contributed by atoms with E-state index in [9.17, 15) is 19.1 Å². The molecule has 4 heterocycles. The maximum atomic E-state index is 15.9. The molecule has 10 nitrogen and oxygen atoms in total. The number of amides is 1. The molecule has 0 saturated carbocycles. The van der Waals surface area contributed by atoms with Crippen molar-refractivity contribution in [1.29, 1.82) is 0 Å². The van der Waals surface area contributed by atoms with Gasteiger partial charge < -0.3 is 20.6 Å². The number of benzene rings is 1. The SMILES string of the molecule is C=CC(=O)N1CCN(c2nc(=O)n(-c3c(SC)cc(N)nc3C(C)C)c3nc(-c4c(O)cccc4F)c(F)cc23)[C@@H](C)C1. The monoisotopic (exact) mass is 607 g/mol. The van der Waals surface area contributed by atoms with Crippen molar-refractivity contribution in [3.05, 3.63) is 70.8 Å². The summed E-state index contributed by atoms with van der Waals surface area (Å²) in [6.07, 6.45) is 3.06. The highest BCUT2D eigenvalue weighted by Gasteiger charge is 2.31. The second kappa shape index (κ2) is 11.6. The number of nitrogens with zero attached hydrogens (tertiary/aromatic N) is 6. The number of fused-ring (bicyclic) bond motifs is 1. The number of aromatic hydroxyl groups is 1. The fraction of sp³-hybridized carbons (Fsp3) is 0.300. The molecule has 224 valence electrons. The quantitative estimate of drug-likeness (QED) is 0.241. The number of nitrogen functional groups attached to an aromatic ring is 1. The zero-order chi connectivity index (χ0) is 31.2. The summed E-state index contributed by atoms with van der Waals surface area (Å²) in [5.41, 5.74) is 5.34. The minimum atomic E-state index is -0.918. The molecular formula is C30H31F2N7O3S. The molecule has 1 fully saturated rings. The number of piperazine rings is 1. The molecule has 1 atom stereocenters. The number of phenolic OH excluding ortho intramolecular Hbond substituents is 1. The fourth-order valence-electron chi connectivity index (χ4n) is 5.39. The van der Waals surface area contributed by atoms with Crippen molar-refractivity contribution in [2.24, 2.45) is 0 Å². The summed E-state index contributed by atoms with van der Waals surface area (Å²) in [7, 11) is 0. The Morgan fingerprint density at radius 2 is 1.93 bits per heavy atom. The van der Waals surface area contributed by atoms with E-state index in [4.69, 9.17) is 5.73 Å². The number of aromatic nitrogens is 4. The van der Waals surface area contributed by atoms with Crippen LogP contribution in [0.1, 0.15) is 32.4 Å². The lowest BCUT2D eigenvalue weighted by Crippen LogP contribution is -2.54. The summed E-state index contributed by atoms with van der Waals surface area (Å²) in [5, 5.41) is 10.7. The van der Waals surface area contributed by atoms with Gasteiger partial charge in [0.25, 0.3) is 0 Å². The molecule has 1 aromatic carbocycles. The second-order valence-electron chi connectivity index (χ2n) is 10.5. The molecule has 0 unspecified atom stereocenters. The van der Waals surface area contributed by atoms with Crippen LogP contribution in [0, 0.1) is 11.6 Å². The highest BCUT2D eigenvalue weighted by molar-refractivity contribution is 7.98. The lowest BCUT2D eigenvalue weighted by molar-refractivity contribution is -0.126. The summed E-state index contributed by atoms with van der Waals surface area (Å²) in [6.45, 7) is 10.2. The van der Waals surface area contributed by atoms with E-state index in [1.807, 2.05) is 31.9 Å². The van der Waals surface area contributed by atoms with Gasteiger partial charge in [0, 0.05) is 30.6 Å². The molecule has 1 saturated heterocycles. The van der Waals surface area contributed by atoms with Gasteiger partial charge in [-0.2, -0.15) is 4.98 Å². The van der Waals surface area contributed by atoms with Gasteiger partial charge in [0.1, 0.15) is 28.9 Å². The minimum Gasteiger partial charge on any atom is -0.507 e. The molecule has 3 N–H and O–H groups in total. The fourth-order valence-corrected chi connectivity index (χ4v) is 6.01. The molecule has 13 heteroatoms. The smallest absolute Gasteiger partial charge is 0.355 e. The van der Waals surface area contributed by atoms with Crippen LogP contribution in [0.5, 0.6) is 5.75 Å². The van der Waals surface area contributed by atoms with Gasteiger partial charge in [0.2, 0.25) is 5.91 Å². The number of hydrogen-bond acceptors (Lipinski definition) is 9. The van der Waals surface area contributed by atoms with E-state index in [0.717, 1.165) is 12.1 Å². The molecular weight excluding hydrogens is 576 g/mol. The van der Waals surface area contributed by atoms with E-state index in [2.05, 4.69) is 21.5 Å². The number of carbonyl (C=O) groups excluding carboxylic acids is 1. The minimum absolute atomic E-state index is 0.00498. The maximum absolute atomic E-state index is 15.9. The predicted molar refractivity (Wildman–Crippen MR) is 164 cm³/mol. The first-order valence-corrected chi connectivity index (χ1v) is 14.8. The Bertz CT molecular complexity index is 1810.